The topological polar surface area (TPSA) is 86.0 Å². The van der Waals surface area contributed by atoms with Crippen molar-refractivity contribution in [3.8, 4) is 0 Å². The lowest BCUT2D eigenvalue weighted by atomic mass is 10.0. The third-order valence-corrected chi connectivity index (χ3v) is 6.71. The van der Waals surface area contributed by atoms with E-state index in [1.54, 1.807) is 10.7 Å². The molecule has 0 aliphatic carbocycles. The van der Waals surface area contributed by atoms with Crippen molar-refractivity contribution in [3.05, 3.63) is 59.5 Å². The Morgan fingerprint density at radius 1 is 1.19 bits per heavy atom. The standard InChI is InChI=1S/C23H28N6O2/c1-15-19(23(31)28-10-17-8-27(2)9-18(17)11-28)12-29-21(15)22(24-14-25-29)26-20(13-30)16-6-4-3-5-7-16/h3-7,12,14,17-18,20,30H,8-11,13H2,1-2H3,(H,24,25,26)/t17?,18?,20-/m1/s1. The number of fused-ring (bicyclic) bond motifs is 2. The van der Waals surface area contributed by atoms with Crippen LogP contribution in [0.1, 0.15) is 27.5 Å². The molecule has 2 unspecified atom stereocenters. The number of rotatable bonds is 5. The number of likely N-dealkylation sites (tertiary alicyclic amines) is 2. The molecule has 2 aliphatic rings. The van der Waals surface area contributed by atoms with Crippen molar-refractivity contribution in [2.24, 2.45) is 11.8 Å². The Morgan fingerprint density at radius 3 is 2.58 bits per heavy atom. The molecule has 1 aromatic carbocycles. The van der Waals surface area contributed by atoms with Gasteiger partial charge in [0.05, 0.1) is 18.2 Å². The lowest BCUT2D eigenvalue weighted by Crippen LogP contribution is -2.32. The first-order chi connectivity index (χ1) is 15.0. The van der Waals surface area contributed by atoms with Crippen LogP contribution in [0.5, 0.6) is 0 Å². The van der Waals surface area contributed by atoms with Gasteiger partial charge in [0, 0.05) is 32.4 Å². The van der Waals surface area contributed by atoms with Gasteiger partial charge in [-0.3, -0.25) is 4.79 Å². The molecule has 0 spiro atoms. The maximum Gasteiger partial charge on any atom is 0.255 e. The van der Waals surface area contributed by atoms with Crippen LogP contribution in [-0.2, 0) is 0 Å². The van der Waals surface area contributed by atoms with Crippen LogP contribution in [0.15, 0.2) is 42.9 Å². The van der Waals surface area contributed by atoms with E-state index in [4.69, 9.17) is 0 Å². The van der Waals surface area contributed by atoms with E-state index in [1.165, 1.54) is 6.33 Å². The van der Waals surface area contributed by atoms with Crippen LogP contribution < -0.4 is 5.32 Å². The molecule has 4 heterocycles. The zero-order valence-electron chi connectivity index (χ0n) is 17.9. The number of amides is 1. The van der Waals surface area contributed by atoms with Gasteiger partial charge in [0.25, 0.3) is 5.91 Å². The largest absolute Gasteiger partial charge is 0.394 e. The number of carbonyl (C=O) groups is 1. The molecule has 3 atom stereocenters. The summed E-state index contributed by atoms with van der Waals surface area (Å²) in [7, 11) is 2.15. The average molecular weight is 421 g/mol. The fraction of sp³-hybridized carbons (Fsp3) is 0.435. The van der Waals surface area contributed by atoms with Crippen LogP contribution >= 0.6 is 0 Å². The quantitative estimate of drug-likeness (QED) is 0.655. The number of anilines is 1. The molecule has 1 amide bonds. The summed E-state index contributed by atoms with van der Waals surface area (Å²) in [6.45, 7) is 5.63. The number of aliphatic hydroxyl groups excluding tert-OH is 1. The zero-order chi connectivity index (χ0) is 21.5. The Balaban J connectivity index is 1.43. The molecule has 0 saturated carbocycles. The van der Waals surface area contributed by atoms with Crippen molar-refractivity contribution < 1.29 is 9.90 Å². The minimum absolute atomic E-state index is 0.0628. The number of nitrogens with one attached hydrogen (secondary N) is 1. The van der Waals surface area contributed by atoms with Gasteiger partial charge in [0.1, 0.15) is 11.8 Å². The molecule has 2 N–H and O–H groups in total. The Labute approximate surface area is 181 Å². The summed E-state index contributed by atoms with van der Waals surface area (Å²) >= 11 is 0. The highest BCUT2D eigenvalue weighted by Gasteiger charge is 2.41. The smallest absolute Gasteiger partial charge is 0.255 e. The maximum absolute atomic E-state index is 13.4. The van der Waals surface area contributed by atoms with E-state index >= 15 is 0 Å². The summed E-state index contributed by atoms with van der Waals surface area (Å²) in [4.78, 5) is 22.1. The third-order valence-electron chi connectivity index (χ3n) is 6.71. The molecule has 0 bridgehead atoms. The minimum Gasteiger partial charge on any atom is -0.394 e. The zero-order valence-corrected chi connectivity index (χ0v) is 17.9. The summed E-state index contributed by atoms with van der Waals surface area (Å²) < 4.78 is 1.71. The van der Waals surface area contributed by atoms with Crippen LogP contribution in [0.3, 0.4) is 0 Å². The number of aromatic nitrogens is 3. The fourth-order valence-electron chi connectivity index (χ4n) is 5.13. The third kappa shape index (κ3) is 3.55. The fourth-order valence-corrected chi connectivity index (χ4v) is 5.13. The monoisotopic (exact) mass is 420 g/mol. The van der Waals surface area contributed by atoms with Crippen molar-refractivity contribution in [2.45, 2.75) is 13.0 Å². The lowest BCUT2D eigenvalue weighted by molar-refractivity contribution is 0.0775. The van der Waals surface area contributed by atoms with Gasteiger partial charge in [-0.15, -0.1) is 0 Å². The summed E-state index contributed by atoms with van der Waals surface area (Å²) in [6, 6.07) is 9.46. The molecule has 2 saturated heterocycles. The average Bonchev–Trinajstić information content (AvgIpc) is 3.43. The van der Waals surface area contributed by atoms with Crippen molar-refractivity contribution in [1.29, 1.82) is 0 Å². The molecule has 2 fully saturated rings. The molecule has 2 aliphatic heterocycles. The molecule has 3 aromatic rings. The van der Waals surface area contributed by atoms with E-state index in [9.17, 15) is 9.90 Å². The van der Waals surface area contributed by atoms with E-state index in [0.717, 1.165) is 42.8 Å². The van der Waals surface area contributed by atoms with Gasteiger partial charge in [-0.05, 0) is 36.9 Å². The first kappa shape index (κ1) is 20.0. The second-order valence-electron chi connectivity index (χ2n) is 8.81. The Morgan fingerprint density at radius 2 is 1.90 bits per heavy atom. The summed E-state index contributed by atoms with van der Waals surface area (Å²) in [5.41, 5.74) is 3.25. The molecular formula is C23H28N6O2. The number of hydrogen-bond acceptors (Lipinski definition) is 6. The predicted octanol–water partition coefficient (Wildman–Crippen LogP) is 1.82. The van der Waals surface area contributed by atoms with E-state index in [1.807, 2.05) is 42.2 Å². The van der Waals surface area contributed by atoms with Crippen LogP contribution in [0, 0.1) is 18.8 Å². The lowest BCUT2D eigenvalue weighted by Gasteiger charge is -2.19. The number of benzene rings is 1. The molecule has 8 heteroatoms. The Bertz CT molecular complexity index is 1080. The SMILES string of the molecule is Cc1c(C(=O)N2CC3CN(C)CC3C2)cn2ncnc(N[C@H](CO)c3ccccc3)c12. The van der Waals surface area contributed by atoms with Crippen LogP contribution in [0.2, 0.25) is 0 Å². The Hall–Kier alpha value is -2.97. The van der Waals surface area contributed by atoms with Gasteiger partial charge in [0.2, 0.25) is 0 Å². The molecular weight excluding hydrogens is 392 g/mol. The van der Waals surface area contributed by atoms with Gasteiger partial charge in [-0.2, -0.15) is 5.10 Å². The van der Waals surface area contributed by atoms with E-state index < -0.39 is 0 Å². The van der Waals surface area contributed by atoms with Crippen molar-refractivity contribution >= 4 is 17.2 Å². The van der Waals surface area contributed by atoms with Crippen LogP contribution in [0.25, 0.3) is 5.52 Å². The second-order valence-corrected chi connectivity index (χ2v) is 8.81. The number of hydrogen-bond donors (Lipinski definition) is 2. The molecule has 0 radical (unpaired) electrons. The van der Waals surface area contributed by atoms with Gasteiger partial charge < -0.3 is 20.2 Å². The van der Waals surface area contributed by atoms with Gasteiger partial charge >= 0.3 is 0 Å². The van der Waals surface area contributed by atoms with Gasteiger partial charge in [0.15, 0.2) is 5.82 Å². The van der Waals surface area contributed by atoms with E-state index in [2.05, 4.69) is 27.3 Å². The number of aryl methyl sites for hydroxylation is 1. The maximum atomic E-state index is 13.4. The minimum atomic E-state index is -0.303. The highest BCUT2D eigenvalue weighted by Crippen LogP contribution is 2.33. The molecule has 2 aromatic heterocycles. The molecule has 8 nitrogen and oxygen atoms in total. The highest BCUT2D eigenvalue weighted by molar-refractivity contribution is 5.99. The van der Waals surface area contributed by atoms with Crippen LogP contribution in [0.4, 0.5) is 5.82 Å². The van der Waals surface area contributed by atoms with Gasteiger partial charge in [-0.1, -0.05) is 30.3 Å². The summed E-state index contributed by atoms with van der Waals surface area (Å²) in [5.74, 6) is 1.81. The summed E-state index contributed by atoms with van der Waals surface area (Å²) in [6.07, 6.45) is 3.27. The number of carbonyl (C=O) groups excluding carboxylic acids is 1. The van der Waals surface area contributed by atoms with Crippen molar-refractivity contribution in [2.75, 3.05) is 45.2 Å². The normalized spacial score (nSPS) is 22.1. The van der Waals surface area contributed by atoms with E-state index in [-0.39, 0.29) is 18.6 Å². The first-order valence-electron chi connectivity index (χ1n) is 10.8. The number of nitrogens with zero attached hydrogens (tertiary/aromatic N) is 5. The second kappa shape index (κ2) is 7.94. The Kier molecular flexibility index (Phi) is 5.11. The highest BCUT2D eigenvalue weighted by atomic mass is 16.3. The van der Waals surface area contributed by atoms with Crippen LogP contribution in [-0.4, -0.2) is 75.2 Å². The molecule has 31 heavy (non-hydrogen) atoms. The van der Waals surface area contributed by atoms with E-state index in [0.29, 0.717) is 23.2 Å². The van der Waals surface area contributed by atoms with Gasteiger partial charge in [-0.25, -0.2) is 9.50 Å². The number of aliphatic hydroxyl groups is 1. The molecule has 162 valence electrons. The molecule has 5 rings (SSSR count). The predicted molar refractivity (Wildman–Crippen MR) is 118 cm³/mol. The summed E-state index contributed by atoms with van der Waals surface area (Å²) in [5, 5.41) is 17.6. The van der Waals surface area contributed by atoms with Crippen molar-refractivity contribution in [3.63, 3.8) is 0 Å². The van der Waals surface area contributed by atoms with Crippen molar-refractivity contribution in [1.82, 2.24) is 24.4 Å². The first-order valence-corrected chi connectivity index (χ1v) is 10.8.